The second-order valence-electron chi connectivity index (χ2n) is 6.81. The van der Waals surface area contributed by atoms with Crippen LogP contribution in [-0.2, 0) is 13.5 Å². The Hall–Kier alpha value is -2.25. The Morgan fingerprint density at radius 3 is 2.65 bits per heavy atom. The molecule has 4 rings (SSSR count). The summed E-state index contributed by atoms with van der Waals surface area (Å²) in [4.78, 5) is 6.58. The van der Waals surface area contributed by atoms with Gasteiger partial charge in [0.15, 0.2) is 0 Å². The van der Waals surface area contributed by atoms with E-state index in [1.165, 1.54) is 5.56 Å². The summed E-state index contributed by atoms with van der Waals surface area (Å²) in [6, 6.07) is 10.4. The standard InChI is InChI=1S/C19H23N5OS/c1-23-12-9-20-18(23)17(25)15-7-10-24(11-8-15)19-22-21-16(26-19)13-14-5-3-2-4-6-14/h2-6,9,12,15,17,25H,7-8,10-11,13H2,1H3. The zero-order chi connectivity index (χ0) is 17.9. The third-order valence-corrected chi connectivity index (χ3v) is 6.02. The van der Waals surface area contributed by atoms with Gasteiger partial charge >= 0.3 is 0 Å². The molecule has 1 atom stereocenters. The Balaban J connectivity index is 1.36. The van der Waals surface area contributed by atoms with Crippen LogP contribution >= 0.6 is 11.3 Å². The zero-order valence-electron chi connectivity index (χ0n) is 14.8. The summed E-state index contributed by atoms with van der Waals surface area (Å²) in [6.07, 6.45) is 5.81. The fraction of sp³-hybridized carbons (Fsp3) is 0.421. The van der Waals surface area contributed by atoms with Gasteiger partial charge in [0, 0.05) is 39.0 Å². The van der Waals surface area contributed by atoms with Crippen molar-refractivity contribution in [2.45, 2.75) is 25.4 Å². The molecule has 136 valence electrons. The Morgan fingerprint density at radius 2 is 1.96 bits per heavy atom. The van der Waals surface area contributed by atoms with Crippen LogP contribution in [0.1, 0.15) is 35.3 Å². The number of aromatic nitrogens is 4. The van der Waals surface area contributed by atoms with Crippen LogP contribution in [0, 0.1) is 5.92 Å². The van der Waals surface area contributed by atoms with Crippen molar-refractivity contribution in [3.05, 3.63) is 59.1 Å². The van der Waals surface area contributed by atoms with Crippen molar-refractivity contribution in [3.8, 4) is 0 Å². The summed E-state index contributed by atoms with van der Waals surface area (Å²) in [5.74, 6) is 0.994. The van der Waals surface area contributed by atoms with Crippen molar-refractivity contribution in [3.63, 3.8) is 0 Å². The maximum atomic E-state index is 10.6. The van der Waals surface area contributed by atoms with Crippen LogP contribution < -0.4 is 4.90 Å². The minimum Gasteiger partial charge on any atom is -0.385 e. The summed E-state index contributed by atoms with van der Waals surface area (Å²) in [5.41, 5.74) is 1.26. The van der Waals surface area contributed by atoms with Crippen LogP contribution in [0.15, 0.2) is 42.7 Å². The van der Waals surface area contributed by atoms with Crippen molar-refractivity contribution < 1.29 is 5.11 Å². The fourth-order valence-electron chi connectivity index (χ4n) is 3.49. The van der Waals surface area contributed by atoms with Gasteiger partial charge in [-0.05, 0) is 24.3 Å². The molecule has 0 bridgehead atoms. The van der Waals surface area contributed by atoms with E-state index in [1.807, 2.05) is 23.9 Å². The van der Waals surface area contributed by atoms with E-state index in [1.54, 1.807) is 17.5 Å². The number of nitrogens with zero attached hydrogens (tertiary/aromatic N) is 5. The van der Waals surface area contributed by atoms with E-state index in [-0.39, 0.29) is 5.92 Å². The lowest BCUT2D eigenvalue weighted by Gasteiger charge is -2.33. The second-order valence-corrected chi connectivity index (χ2v) is 7.85. The molecule has 1 N–H and O–H groups in total. The molecule has 1 unspecified atom stereocenters. The van der Waals surface area contributed by atoms with Crippen molar-refractivity contribution in [2.24, 2.45) is 13.0 Å². The zero-order valence-corrected chi connectivity index (χ0v) is 15.6. The predicted molar refractivity (Wildman–Crippen MR) is 102 cm³/mol. The van der Waals surface area contributed by atoms with Gasteiger partial charge in [0.05, 0.1) is 0 Å². The van der Waals surface area contributed by atoms with Crippen molar-refractivity contribution in [1.29, 1.82) is 0 Å². The molecular weight excluding hydrogens is 346 g/mol. The summed E-state index contributed by atoms with van der Waals surface area (Å²) >= 11 is 1.67. The molecule has 1 aliphatic heterocycles. The van der Waals surface area contributed by atoms with E-state index in [4.69, 9.17) is 0 Å². The number of aliphatic hydroxyl groups is 1. The van der Waals surface area contributed by atoms with Gasteiger partial charge in [0.25, 0.3) is 0 Å². The molecule has 3 heterocycles. The van der Waals surface area contributed by atoms with Crippen LogP contribution in [0.4, 0.5) is 5.13 Å². The number of imidazole rings is 1. The van der Waals surface area contributed by atoms with Gasteiger partial charge in [0.1, 0.15) is 16.9 Å². The topological polar surface area (TPSA) is 67.1 Å². The number of aryl methyl sites for hydroxylation is 1. The summed E-state index contributed by atoms with van der Waals surface area (Å²) < 4.78 is 1.90. The molecular formula is C19H23N5OS. The SMILES string of the molecule is Cn1ccnc1C(O)C1CCN(c2nnc(Cc3ccccc3)s2)CC1. The molecule has 1 aromatic carbocycles. The third-order valence-electron chi connectivity index (χ3n) is 5.03. The number of aliphatic hydroxyl groups excluding tert-OH is 1. The highest BCUT2D eigenvalue weighted by Gasteiger charge is 2.29. The monoisotopic (exact) mass is 369 g/mol. The number of hydrogen-bond acceptors (Lipinski definition) is 6. The Bertz CT molecular complexity index is 839. The first-order valence-electron chi connectivity index (χ1n) is 8.97. The van der Waals surface area contributed by atoms with Crippen LogP contribution in [-0.4, -0.2) is 37.9 Å². The minimum absolute atomic E-state index is 0.240. The highest BCUT2D eigenvalue weighted by atomic mass is 32.1. The number of hydrogen-bond donors (Lipinski definition) is 1. The minimum atomic E-state index is -0.500. The summed E-state index contributed by atoms with van der Waals surface area (Å²) in [7, 11) is 1.93. The number of piperidine rings is 1. The normalized spacial score (nSPS) is 16.8. The number of benzene rings is 1. The average Bonchev–Trinajstić information content (AvgIpc) is 3.31. The molecule has 6 nitrogen and oxygen atoms in total. The smallest absolute Gasteiger partial charge is 0.208 e. The number of anilines is 1. The lowest BCUT2D eigenvalue weighted by atomic mass is 9.91. The molecule has 0 spiro atoms. The van der Waals surface area contributed by atoms with Crippen molar-refractivity contribution >= 4 is 16.5 Å². The number of rotatable bonds is 5. The highest BCUT2D eigenvalue weighted by molar-refractivity contribution is 7.15. The summed E-state index contributed by atoms with van der Waals surface area (Å²) in [6.45, 7) is 1.79. The highest BCUT2D eigenvalue weighted by Crippen LogP contribution is 2.32. The summed E-state index contributed by atoms with van der Waals surface area (Å²) in [5, 5.41) is 21.4. The molecule has 0 amide bonds. The molecule has 3 aromatic rings. The second kappa shape index (κ2) is 7.55. The van der Waals surface area contributed by atoms with E-state index in [2.05, 4.69) is 44.3 Å². The van der Waals surface area contributed by atoms with E-state index in [0.717, 1.165) is 48.3 Å². The first kappa shape index (κ1) is 17.2. The van der Waals surface area contributed by atoms with Crippen LogP contribution in [0.5, 0.6) is 0 Å². The molecule has 0 radical (unpaired) electrons. The van der Waals surface area contributed by atoms with E-state index < -0.39 is 6.10 Å². The van der Waals surface area contributed by atoms with Crippen LogP contribution in [0.25, 0.3) is 0 Å². The van der Waals surface area contributed by atoms with Gasteiger partial charge in [-0.2, -0.15) is 0 Å². The lowest BCUT2D eigenvalue weighted by molar-refractivity contribution is 0.0825. The first-order chi connectivity index (χ1) is 12.7. The Labute approximate surface area is 157 Å². The largest absolute Gasteiger partial charge is 0.385 e. The van der Waals surface area contributed by atoms with Gasteiger partial charge in [-0.15, -0.1) is 10.2 Å². The van der Waals surface area contributed by atoms with Gasteiger partial charge < -0.3 is 14.6 Å². The molecule has 26 heavy (non-hydrogen) atoms. The Morgan fingerprint density at radius 1 is 1.19 bits per heavy atom. The average molecular weight is 369 g/mol. The van der Waals surface area contributed by atoms with Crippen molar-refractivity contribution in [1.82, 2.24) is 19.7 Å². The lowest BCUT2D eigenvalue weighted by Crippen LogP contribution is -2.36. The first-order valence-corrected chi connectivity index (χ1v) is 9.79. The molecule has 0 saturated carbocycles. The van der Waals surface area contributed by atoms with Crippen LogP contribution in [0.2, 0.25) is 0 Å². The van der Waals surface area contributed by atoms with Gasteiger partial charge in [0.2, 0.25) is 5.13 Å². The molecule has 2 aromatic heterocycles. The van der Waals surface area contributed by atoms with E-state index in [0.29, 0.717) is 0 Å². The quantitative estimate of drug-likeness (QED) is 0.749. The Kier molecular flexibility index (Phi) is 4.99. The van der Waals surface area contributed by atoms with Gasteiger partial charge in [-0.3, -0.25) is 0 Å². The predicted octanol–water partition coefficient (Wildman–Crippen LogP) is 2.81. The van der Waals surface area contributed by atoms with Gasteiger partial charge in [-0.1, -0.05) is 41.7 Å². The van der Waals surface area contributed by atoms with E-state index in [9.17, 15) is 5.11 Å². The van der Waals surface area contributed by atoms with Gasteiger partial charge in [-0.25, -0.2) is 4.98 Å². The molecule has 1 fully saturated rings. The maximum Gasteiger partial charge on any atom is 0.208 e. The fourth-order valence-corrected chi connectivity index (χ4v) is 4.42. The molecule has 0 aliphatic carbocycles. The van der Waals surface area contributed by atoms with E-state index >= 15 is 0 Å². The molecule has 1 saturated heterocycles. The van der Waals surface area contributed by atoms with Crippen LogP contribution in [0.3, 0.4) is 0 Å². The molecule has 1 aliphatic rings. The maximum absolute atomic E-state index is 10.6. The molecule has 7 heteroatoms. The third kappa shape index (κ3) is 3.64. The van der Waals surface area contributed by atoms with Crippen molar-refractivity contribution in [2.75, 3.05) is 18.0 Å².